The average molecular weight is 579 g/mol. The van der Waals surface area contributed by atoms with E-state index in [1.165, 1.54) is 22.1 Å². The Kier molecular flexibility index (Phi) is 7.15. The van der Waals surface area contributed by atoms with Gasteiger partial charge in [-0.15, -0.1) is 22.9 Å². The summed E-state index contributed by atoms with van der Waals surface area (Å²) in [5.74, 6) is 0. The molecule has 2 aliphatic rings. The second-order valence-electron chi connectivity index (χ2n) is 9.19. The van der Waals surface area contributed by atoms with E-state index < -0.39 is 32.7 Å². The standard InChI is InChI=1S/C24H23Cl2F3N2O3S2/c1-23(2,32)15-6-4-13(10-21(15)36(3,33)34)19-8-9-20(35-19)18-12-22(24(27,28)29)30-31(18)17-11-14(25)5-7-16(17)26/h4-5,8-9,11-12,16,32H,6-7,10H2,1-3H3. The molecule has 0 aromatic carbocycles. The van der Waals surface area contributed by atoms with Crippen molar-refractivity contribution in [3.63, 3.8) is 0 Å². The van der Waals surface area contributed by atoms with E-state index in [2.05, 4.69) is 5.10 Å². The van der Waals surface area contributed by atoms with Crippen LogP contribution < -0.4 is 0 Å². The molecule has 4 rings (SSSR count). The van der Waals surface area contributed by atoms with Crippen LogP contribution in [0.4, 0.5) is 13.2 Å². The van der Waals surface area contributed by atoms with Crippen LogP contribution in [0.5, 0.6) is 0 Å². The van der Waals surface area contributed by atoms with E-state index in [1.54, 1.807) is 32.1 Å². The molecule has 36 heavy (non-hydrogen) atoms. The third-order valence-corrected chi connectivity index (χ3v) is 9.11. The number of hydrogen-bond donors (Lipinski definition) is 1. The molecule has 0 aliphatic heterocycles. The van der Waals surface area contributed by atoms with Crippen molar-refractivity contribution in [2.45, 2.75) is 50.3 Å². The fourth-order valence-electron chi connectivity index (χ4n) is 4.19. The first-order chi connectivity index (χ1) is 16.6. The predicted octanol–water partition coefficient (Wildman–Crippen LogP) is 6.85. The van der Waals surface area contributed by atoms with Crippen LogP contribution in [0.1, 0.15) is 43.7 Å². The molecule has 2 aromatic heterocycles. The Morgan fingerprint density at radius 2 is 1.86 bits per heavy atom. The molecule has 2 aliphatic carbocycles. The van der Waals surface area contributed by atoms with Gasteiger partial charge in [-0.25, -0.2) is 13.1 Å². The maximum atomic E-state index is 13.6. The maximum absolute atomic E-state index is 13.6. The molecule has 0 fully saturated rings. The molecule has 5 nitrogen and oxygen atoms in total. The van der Waals surface area contributed by atoms with Crippen molar-refractivity contribution in [2.24, 2.45) is 0 Å². The molecular formula is C24H23Cl2F3N2O3S2. The summed E-state index contributed by atoms with van der Waals surface area (Å²) in [5.41, 5.74) is -0.672. The van der Waals surface area contributed by atoms with Crippen LogP contribution in [0.2, 0.25) is 0 Å². The van der Waals surface area contributed by atoms with Crippen LogP contribution in [0, 0.1) is 0 Å². The Morgan fingerprint density at radius 1 is 1.19 bits per heavy atom. The number of aromatic nitrogens is 2. The van der Waals surface area contributed by atoms with E-state index in [-0.39, 0.29) is 23.4 Å². The van der Waals surface area contributed by atoms with Crippen molar-refractivity contribution in [1.29, 1.82) is 0 Å². The quantitative estimate of drug-likeness (QED) is 0.394. The lowest BCUT2D eigenvalue weighted by Gasteiger charge is -2.28. The van der Waals surface area contributed by atoms with Crippen LogP contribution in [-0.4, -0.2) is 40.5 Å². The summed E-state index contributed by atoms with van der Waals surface area (Å²) in [6, 6.07) is 4.38. The minimum atomic E-state index is -4.66. The van der Waals surface area contributed by atoms with Crippen LogP contribution in [-0.2, 0) is 16.0 Å². The lowest BCUT2D eigenvalue weighted by atomic mass is 9.88. The molecule has 1 atom stereocenters. The van der Waals surface area contributed by atoms with E-state index in [0.717, 1.165) is 17.9 Å². The number of sulfone groups is 1. The molecule has 2 aromatic rings. The highest BCUT2D eigenvalue weighted by Crippen LogP contribution is 2.43. The molecule has 194 valence electrons. The van der Waals surface area contributed by atoms with Gasteiger partial charge in [-0.2, -0.15) is 18.3 Å². The number of nitrogens with zero attached hydrogens (tertiary/aromatic N) is 2. The first kappa shape index (κ1) is 27.2. The van der Waals surface area contributed by atoms with Gasteiger partial charge < -0.3 is 5.11 Å². The number of aliphatic hydroxyl groups is 1. The monoisotopic (exact) mass is 578 g/mol. The zero-order valence-electron chi connectivity index (χ0n) is 19.5. The molecule has 2 heterocycles. The summed E-state index contributed by atoms with van der Waals surface area (Å²) in [5, 5.41) is 14.0. The number of thiophene rings is 1. The maximum Gasteiger partial charge on any atom is 0.435 e. The van der Waals surface area contributed by atoms with E-state index in [4.69, 9.17) is 23.2 Å². The van der Waals surface area contributed by atoms with Gasteiger partial charge in [0.2, 0.25) is 0 Å². The molecular weight excluding hydrogens is 556 g/mol. The molecule has 0 spiro atoms. The molecule has 0 bridgehead atoms. The van der Waals surface area contributed by atoms with Crippen molar-refractivity contribution in [3.8, 4) is 10.6 Å². The van der Waals surface area contributed by atoms with E-state index >= 15 is 0 Å². The zero-order valence-corrected chi connectivity index (χ0v) is 22.7. The second-order valence-corrected chi connectivity index (χ2v) is 13.3. The largest absolute Gasteiger partial charge is 0.435 e. The predicted molar refractivity (Wildman–Crippen MR) is 138 cm³/mol. The SMILES string of the molecule is CC(C)(O)C1=C(S(C)(=O)=O)CC(c2ccc(-c3cc(C(F)(F)F)nn3C3=CC(Cl)=CCC3Cl)s2)=CC1. The highest BCUT2D eigenvalue weighted by molar-refractivity contribution is 7.94. The van der Waals surface area contributed by atoms with Crippen LogP contribution in [0.3, 0.4) is 0 Å². The summed E-state index contributed by atoms with van der Waals surface area (Å²) in [4.78, 5) is 1.37. The number of hydrogen-bond acceptors (Lipinski definition) is 5. The fraction of sp³-hybridized carbons (Fsp3) is 0.375. The normalized spacial score (nSPS) is 19.8. The highest BCUT2D eigenvalue weighted by Gasteiger charge is 2.37. The Balaban J connectivity index is 1.76. The van der Waals surface area contributed by atoms with Gasteiger partial charge in [-0.3, -0.25) is 0 Å². The topological polar surface area (TPSA) is 72.2 Å². The minimum absolute atomic E-state index is 0.0838. The Hall–Kier alpha value is -1.85. The molecule has 0 radical (unpaired) electrons. The molecule has 0 amide bonds. The van der Waals surface area contributed by atoms with E-state index in [1.807, 2.05) is 6.08 Å². The van der Waals surface area contributed by atoms with Crippen LogP contribution >= 0.6 is 34.5 Å². The van der Waals surface area contributed by atoms with Gasteiger partial charge in [-0.1, -0.05) is 23.8 Å². The Labute approximate surface area is 221 Å². The van der Waals surface area contributed by atoms with E-state index in [0.29, 0.717) is 32.5 Å². The average Bonchev–Trinajstić information content (AvgIpc) is 3.41. The molecule has 0 saturated carbocycles. The fourth-order valence-corrected chi connectivity index (χ4v) is 6.88. The highest BCUT2D eigenvalue weighted by atomic mass is 35.5. The number of halogens is 5. The summed E-state index contributed by atoms with van der Waals surface area (Å²) in [6.45, 7) is 3.08. The van der Waals surface area contributed by atoms with Crippen LogP contribution in [0.15, 0.2) is 51.9 Å². The molecule has 1 N–H and O–H groups in total. The lowest BCUT2D eigenvalue weighted by Crippen LogP contribution is -2.26. The van der Waals surface area contributed by atoms with Gasteiger partial charge in [-0.05, 0) is 62.1 Å². The third-order valence-electron chi connectivity index (χ3n) is 5.97. The molecule has 0 saturated heterocycles. The van der Waals surface area contributed by atoms with Crippen molar-refractivity contribution in [1.82, 2.24) is 9.78 Å². The van der Waals surface area contributed by atoms with Gasteiger partial charge in [0.25, 0.3) is 0 Å². The van der Waals surface area contributed by atoms with Gasteiger partial charge in [0.15, 0.2) is 15.5 Å². The van der Waals surface area contributed by atoms with Gasteiger partial charge in [0.1, 0.15) is 0 Å². The zero-order chi connectivity index (χ0) is 26.6. The van der Waals surface area contributed by atoms with E-state index in [9.17, 15) is 26.7 Å². The van der Waals surface area contributed by atoms with Gasteiger partial charge in [0, 0.05) is 22.6 Å². The minimum Gasteiger partial charge on any atom is -0.386 e. The molecule has 12 heteroatoms. The number of allylic oxidation sites excluding steroid dienone is 7. The first-order valence-corrected chi connectivity index (χ1v) is 14.4. The van der Waals surface area contributed by atoms with Crippen molar-refractivity contribution >= 4 is 55.6 Å². The summed E-state index contributed by atoms with van der Waals surface area (Å²) < 4.78 is 66.8. The lowest BCUT2D eigenvalue weighted by molar-refractivity contribution is -0.141. The number of alkyl halides is 4. The summed E-state index contributed by atoms with van der Waals surface area (Å²) in [6.07, 6.45) is 2.15. The van der Waals surface area contributed by atoms with Crippen molar-refractivity contribution in [2.75, 3.05) is 6.26 Å². The molecule has 1 unspecified atom stereocenters. The van der Waals surface area contributed by atoms with Gasteiger partial charge >= 0.3 is 6.18 Å². The third kappa shape index (κ3) is 5.52. The summed E-state index contributed by atoms with van der Waals surface area (Å²) >= 11 is 13.7. The smallest absolute Gasteiger partial charge is 0.386 e. The Morgan fingerprint density at radius 3 is 2.47 bits per heavy atom. The van der Waals surface area contributed by atoms with Gasteiger partial charge in [0.05, 0.1) is 32.2 Å². The second kappa shape index (κ2) is 9.47. The van der Waals surface area contributed by atoms with Crippen molar-refractivity contribution in [3.05, 3.63) is 62.5 Å². The summed E-state index contributed by atoms with van der Waals surface area (Å²) in [7, 11) is -3.59. The Bertz CT molecular complexity index is 1440. The van der Waals surface area contributed by atoms with Crippen LogP contribution in [0.25, 0.3) is 21.8 Å². The van der Waals surface area contributed by atoms with Crippen molar-refractivity contribution < 1.29 is 26.7 Å². The number of rotatable bonds is 5. The first-order valence-electron chi connectivity index (χ1n) is 10.9.